The first-order valence-electron chi connectivity index (χ1n) is 5.99. The van der Waals surface area contributed by atoms with Crippen LogP contribution >= 0.6 is 24.8 Å². The van der Waals surface area contributed by atoms with Crippen LogP contribution in [0.5, 0.6) is 0 Å². The Morgan fingerprint density at radius 3 is 2.89 bits per heavy atom. The molecule has 2 aromatic rings. The number of aromatic nitrogens is 2. The summed E-state index contributed by atoms with van der Waals surface area (Å²) in [6.07, 6.45) is 6.41. The number of halogens is 2. The Hall–Kier alpha value is -1.10. The summed E-state index contributed by atoms with van der Waals surface area (Å²) in [7, 11) is 0. The molecule has 1 aliphatic heterocycles. The van der Waals surface area contributed by atoms with E-state index in [9.17, 15) is 0 Å². The second-order valence-electron chi connectivity index (χ2n) is 4.27. The lowest BCUT2D eigenvalue weighted by atomic mass is 10.1. The molecule has 0 bridgehead atoms. The molecule has 19 heavy (non-hydrogen) atoms. The van der Waals surface area contributed by atoms with E-state index in [1.54, 1.807) is 6.20 Å². The third-order valence-electron chi connectivity index (χ3n) is 2.99. The Morgan fingerprint density at radius 2 is 2.16 bits per heavy atom. The van der Waals surface area contributed by atoms with Crippen molar-refractivity contribution in [3.8, 4) is 0 Å². The Bertz CT molecular complexity index is 478. The summed E-state index contributed by atoms with van der Waals surface area (Å²) in [6.45, 7) is 1.83. The van der Waals surface area contributed by atoms with Crippen molar-refractivity contribution in [2.24, 2.45) is 0 Å². The third-order valence-corrected chi connectivity index (χ3v) is 2.99. The fourth-order valence-corrected chi connectivity index (χ4v) is 2.08. The fourth-order valence-electron chi connectivity index (χ4n) is 2.08. The summed E-state index contributed by atoms with van der Waals surface area (Å²) < 4.78 is 5.76. The fraction of sp³-hybridized carbons (Fsp3) is 0.385. The smallest absolute Gasteiger partial charge is 0.195 e. The van der Waals surface area contributed by atoms with Gasteiger partial charge in [-0.1, -0.05) is 6.07 Å². The molecule has 0 atom stereocenters. The van der Waals surface area contributed by atoms with Crippen molar-refractivity contribution in [2.75, 3.05) is 6.54 Å². The summed E-state index contributed by atoms with van der Waals surface area (Å²) in [4.78, 5) is 8.62. The van der Waals surface area contributed by atoms with Crippen LogP contribution in [-0.2, 0) is 25.8 Å². The maximum Gasteiger partial charge on any atom is 0.195 e. The number of hydrogen-bond acceptors (Lipinski definition) is 4. The largest absolute Gasteiger partial charge is 0.445 e. The van der Waals surface area contributed by atoms with Gasteiger partial charge in [0, 0.05) is 38.3 Å². The Kier molecular flexibility index (Phi) is 6.28. The minimum atomic E-state index is 0. The number of rotatable bonds is 3. The van der Waals surface area contributed by atoms with E-state index in [4.69, 9.17) is 4.42 Å². The van der Waals surface area contributed by atoms with Crippen LogP contribution in [0.15, 0.2) is 28.9 Å². The van der Waals surface area contributed by atoms with Gasteiger partial charge in [0.25, 0.3) is 0 Å². The number of oxazole rings is 1. The van der Waals surface area contributed by atoms with Gasteiger partial charge >= 0.3 is 0 Å². The van der Waals surface area contributed by atoms with Gasteiger partial charge in [0.2, 0.25) is 0 Å². The van der Waals surface area contributed by atoms with E-state index in [1.807, 2.05) is 12.3 Å². The maximum atomic E-state index is 5.76. The lowest BCUT2D eigenvalue weighted by molar-refractivity contribution is 0.438. The average Bonchev–Trinajstić information content (AvgIpc) is 2.80. The molecule has 0 amide bonds. The molecule has 0 spiro atoms. The molecule has 104 valence electrons. The molecule has 3 heterocycles. The number of pyridine rings is 1. The predicted molar refractivity (Wildman–Crippen MR) is 78.1 cm³/mol. The molecule has 1 aliphatic rings. The van der Waals surface area contributed by atoms with Gasteiger partial charge in [-0.05, 0) is 18.1 Å². The first kappa shape index (κ1) is 16.0. The van der Waals surface area contributed by atoms with E-state index in [1.165, 1.54) is 5.56 Å². The van der Waals surface area contributed by atoms with Gasteiger partial charge in [0.1, 0.15) is 5.76 Å². The van der Waals surface area contributed by atoms with E-state index >= 15 is 0 Å². The quantitative estimate of drug-likeness (QED) is 0.945. The molecular weight excluding hydrogens is 285 g/mol. The second kappa shape index (κ2) is 7.48. The summed E-state index contributed by atoms with van der Waals surface area (Å²) in [5, 5.41) is 3.30. The Labute approximate surface area is 124 Å². The van der Waals surface area contributed by atoms with Gasteiger partial charge in [-0.3, -0.25) is 4.98 Å². The first-order valence-corrected chi connectivity index (χ1v) is 5.99. The van der Waals surface area contributed by atoms with E-state index < -0.39 is 0 Å². The molecule has 6 heteroatoms. The molecular formula is C13H17Cl2N3O. The summed E-state index contributed by atoms with van der Waals surface area (Å²) in [5.41, 5.74) is 2.30. The standard InChI is InChI=1S/C13H15N3O.2ClH/c1-2-10(8-14-6-1)3-4-13-16-11-9-15-7-5-12(11)17-13;;/h1-2,6,8,15H,3-5,7,9H2;2*1H. The molecule has 0 aliphatic carbocycles. The molecule has 1 N–H and O–H groups in total. The number of nitrogens with one attached hydrogen (secondary N) is 1. The molecule has 0 aromatic carbocycles. The van der Waals surface area contributed by atoms with Gasteiger partial charge in [-0.15, -0.1) is 24.8 Å². The highest BCUT2D eigenvalue weighted by atomic mass is 35.5. The first-order chi connectivity index (χ1) is 8.42. The highest BCUT2D eigenvalue weighted by molar-refractivity contribution is 5.85. The zero-order valence-electron chi connectivity index (χ0n) is 10.5. The summed E-state index contributed by atoms with van der Waals surface area (Å²) in [5.74, 6) is 1.91. The van der Waals surface area contributed by atoms with Crippen molar-refractivity contribution in [1.29, 1.82) is 0 Å². The van der Waals surface area contributed by atoms with Crippen molar-refractivity contribution < 1.29 is 4.42 Å². The number of aryl methyl sites for hydroxylation is 2. The normalized spacial score (nSPS) is 13.1. The minimum Gasteiger partial charge on any atom is -0.445 e. The summed E-state index contributed by atoms with van der Waals surface area (Å²) >= 11 is 0. The molecule has 2 aromatic heterocycles. The van der Waals surface area contributed by atoms with Crippen LogP contribution in [0.4, 0.5) is 0 Å². The topological polar surface area (TPSA) is 51.0 Å². The Balaban J connectivity index is 0.000000902. The maximum absolute atomic E-state index is 5.76. The van der Waals surface area contributed by atoms with Gasteiger partial charge in [0.05, 0.1) is 5.69 Å². The number of hydrogen-bond donors (Lipinski definition) is 1. The van der Waals surface area contributed by atoms with Crippen LogP contribution < -0.4 is 5.32 Å². The van der Waals surface area contributed by atoms with Crippen molar-refractivity contribution in [1.82, 2.24) is 15.3 Å². The van der Waals surface area contributed by atoms with Crippen LogP contribution in [0.2, 0.25) is 0 Å². The molecule has 4 nitrogen and oxygen atoms in total. The van der Waals surface area contributed by atoms with Crippen LogP contribution in [-0.4, -0.2) is 16.5 Å². The minimum absolute atomic E-state index is 0. The molecule has 0 radical (unpaired) electrons. The predicted octanol–water partition coefficient (Wildman–Crippen LogP) is 2.34. The lowest BCUT2D eigenvalue weighted by Crippen LogP contribution is -2.22. The van der Waals surface area contributed by atoms with Crippen molar-refractivity contribution >= 4 is 24.8 Å². The second-order valence-corrected chi connectivity index (χ2v) is 4.27. The van der Waals surface area contributed by atoms with E-state index in [2.05, 4.69) is 21.4 Å². The van der Waals surface area contributed by atoms with Crippen molar-refractivity contribution in [3.05, 3.63) is 47.4 Å². The molecule has 0 fully saturated rings. The molecule has 0 unspecified atom stereocenters. The van der Waals surface area contributed by atoms with Crippen LogP contribution in [0.25, 0.3) is 0 Å². The highest BCUT2D eigenvalue weighted by Crippen LogP contribution is 2.16. The van der Waals surface area contributed by atoms with Crippen molar-refractivity contribution in [2.45, 2.75) is 25.8 Å². The van der Waals surface area contributed by atoms with Gasteiger partial charge < -0.3 is 9.73 Å². The van der Waals surface area contributed by atoms with Crippen LogP contribution in [0.3, 0.4) is 0 Å². The number of nitrogens with zero attached hydrogens (tertiary/aromatic N) is 2. The molecule has 0 saturated heterocycles. The summed E-state index contributed by atoms with van der Waals surface area (Å²) in [6, 6.07) is 4.04. The van der Waals surface area contributed by atoms with Gasteiger partial charge in [-0.2, -0.15) is 0 Å². The molecule has 3 rings (SSSR count). The Morgan fingerprint density at radius 1 is 1.26 bits per heavy atom. The SMILES string of the molecule is Cl.Cl.c1cncc(CCc2nc3c(o2)CCNC3)c1. The highest BCUT2D eigenvalue weighted by Gasteiger charge is 2.16. The van der Waals surface area contributed by atoms with E-state index in [-0.39, 0.29) is 24.8 Å². The average molecular weight is 302 g/mol. The zero-order chi connectivity index (χ0) is 11.5. The zero-order valence-corrected chi connectivity index (χ0v) is 12.1. The monoisotopic (exact) mass is 301 g/mol. The van der Waals surface area contributed by atoms with Crippen molar-refractivity contribution in [3.63, 3.8) is 0 Å². The van der Waals surface area contributed by atoms with Crippen LogP contribution in [0.1, 0.15) is 22.9 Å². The van der Waals surface area contributed by atoms with Crippen LogP contribution in [0, 0.1) is 0 Å². The van der Waals surface area contributed by atoms with E-state index in [0.29, 0.717) is 0 Å². The van der Waals surface area contributed by atoms with Gasteiger partial charge in [-0.25, -0.2) is 4.98 Å². The van der Waals surface area contributed by atoms with Gasteiger partial charge in [0.15, 0.2) is 5.89 Å². The van der Waals surface area contributed by atoms with E-state index in [0.717, 1.165) is 49.7 Å². The number of fused-ring (bicyclic) bond motifs is 1. The molecule has 0 saturated carbocycles. The lowest BCUT2D eigenvalue weighted by Gasteiger charge is -2.08. The third kappa shape index (κ3) is 3.93.